The zero-order valence-corrected chi connectivity index (χ0v) is 16.5. The summed E-state index contributed by atoms with van der Waals surface area (Å²) in [5, 5.41) is 0. The SMILES string of the molecule is CCCCCCCCCCCCCCCCOS(=O)(=O)CCC. The lowest BCUT2D eigenvalue weighted by Crippen LogP contribution is -2.10. The Kier molecular flexibility index (Phi) is 16.7. The number of hydrogen-bond acceptors (Lipinski definition) is 3. The van der Waals surface area contributed by atoms with E-state index in [0.717, 1.165) is 12.8 Å². The van der Waals surface area contributed by atoms with E-state index >= 15 is 0 Å². The van der Waals surface area contributed by atoms with Gasteiger partial charge in [0, 0.05) is 0 Å². The lowest BCUT2D eigenvalue weighted by atomic mass is 10.0. The molecule has 0 aromatic heterocycles. The van der Waals surface area contributed by atoms with Crippen molar-refractivity contribution in [3.05, 3.63) is 0 Å². The summed E-state index contributed by atoms with van der Waals surface area (Å²) in [4.78, 5) is 0. The molecule has 0 aromatic carbocycles. The summed E-state index contributed by atoms with van der Waals surface area (Å²) in [6, 6.07) is 0. The fraction of sp³-hybridized carbons (Fsp3) is 1.00. The first-order chi connectivity index (χ1) is 11.1. The highest BCUT2D eigenvalue weighted by molar-refractivity contribution is 7.86. The van der Waals surface area contributed by atoms with Crippen molar-refractivity contribution in [3.63, 3.8) is 0 Å². The van der Waals surface area contributed by atoms with Crippen LogP contribution in [0.4, 0.5) is 0 Å². The highest BCUT2D eigenvalue weighted by Gasteiger charge is 2.08. The molecular weight excluding hydrogens is 308 g/mol. The van der Waals surface area contributed by atoms with Gasteiger partial charge in [0.05, 0.1) is 12.4 Å². The molecule has 0 aliphatic carbocycles. The van der Waals surface area contributed by atoms with Gasteiger partial charge in [0.2, 0.25) is 0 Å². The Hall–Kier alpha value is -0.0900. The van der Waals surface area contributed by atoms with Crippen molar-refractivity contribution in [1.82, 2.24) is 0 Å². The second-order valence-electron chi connectivity index (χ2n) is 6.68. The largest absolute Gasteiger partial charge is 0.270 e. The molecular formula is C19H40O3S. The van der Waals surface area contributed by atoms with Crippen LogP contribution >= 0.6 is 0 Å². The highest BCUT2D eigenvalue weighted by atomic mass is 32.2. The van der Waals surface area contributed by atoms with Crippen LogP contribution in [0, 0.1) is 0 Å². The Morgan fingerprint density at radius 1 is 0.565 bits per heavy atom. The van der Waals surface area contributed by atoms with E-state index in [1.54, 1.807) is 0 Å². The van der Waals surface area contributed by atoms with Crippen molar-refractivity contribution in [2.75, 3.05) is 12.4 Å². The van der Waals surface area contributed by atoms with Crippen molar-refractivity contribution in [2.45, 2.75) is 110 Å². The van der Waals surface area contributed by atoms with Gasteiger partial charge in [0.25, 0.3) is 10.1 Å². The van der Waals surface area contributed by atoms with E-state index < -0.39 is 10.1 Å². The fourth-order valence-electron chi connectivity index (χ4n) is 2.79. The minimum atomic E-state index is -3.25. The number of hydrogen-bond donors (Lipinski definition) is 0. The molecule has 0 radical (unpaired) electrons. The van der Waals surface area contributed by atoms with Gasteiger partial charge in [0.15, 0.2) is 0 Å². The molecule has 3 nitrogen and oxygen atoms in total. The average molecular weight is 349 g/mol. The molecule has 0 bridgehead atoms. The van der Waals surface area contributed by atoms with Crippen molar-refractivity contribution in [2.24, 2.45) is 0 Å². The third kappa shape index (κ3) is 18.1. The highest BCUT2D eigenvalue weighted by Crippen LogP contribution is 2.13. The van der Waals surface area contributed by atoms with E-state index in [0.29, 0.717) is 13.0 Å². The van der Waals surface area contributed by atoms with Crippen LogP contribution in [0.15, 0.2) is 0 Å². The van der Waals surface area contributed by atoms with E-state index in [1.165, 1.54) is 77.0 Å². The molecule has 0 N–H and O–H groups in total. The lowest BCUT2D eigenvalue weighted by Gasteiger charge is -2.05. The second kappa shape index (κ2) is 16.8. The quantitative estimate of drug-likeness (QED) is 0.218. The third-order valence-corrected chi connectivity index (χ3v) is 5.65. The van der Waals surface area contributed by atoms with Crippen LogP contribution in [0.1, 0.15) is 110 Å². The van der Waals surface area contributed by atoms with E-state index in [-0.39, 0.29) is 5.75 Å². The summed E-state index contributed by atoms with van der Waals surface area (Å²) in [6.45, 7) is 4.48. The third-order valence-electron chi connectivity index (χ3n) is 4.21. The Balaban J connectivity index is 3.14. The zero-order valence-electron chi connectivity index (χ0n) is 15.7. The van der Waals surface area contributed by atoms with E-state index in [1.807, 2.05) is 6.92 Å². The average Bonchev–Trinajstić information content (AvgIpc) is 2.51. The molecule has 0 saturated heterocycles. The first-order valence-corrected chi connectivity index (χ1v) is 11.6. The summed E-state index contributed by atoms with van der Waals surface area (Å²) in [5.74, 6) is 0.144. The van der Waals surface area contributed by atoms with Crippen molar-refractivity contribution in [3.8, 4) is 0 Å². The normalized spacial score (nSPS) is 11.9. The van der Waals surface area contributed by atoms with Gasteiger partial charge < -0.3 is 0 Å². The Morgan fingerprint density at radius 3 is 1.35 bits per heavy atom. The van der Waals surface area contributed by atoms with Gasteiger partial charge in [-0.1, -0.05) is 97.3 Å². The molecule has 0 saturated carbocycles. The Labute approximate surface area is 145 Å². The summed E-state index contributed by atoms with van der Waals surface area (Å²) in [5.41, 5.74) is 0. The maximum absolute atomic E-state index is 11.3. The summed E-state index contributed by atoms with van der Waals surface area (Å²) in [7, 11) is -3.25. The van der Waals surface area contributed by atoms with Gasteiger partial charge in [-0.2, -0.15) is 8.42 Å². The molecule has 0 fully saturated rings. The minimum Gasteiger partial charge on any atom is -0.270 e. The molecule has 0 unspecified atom stereocenters. The minimum absolute atomic E-state index is 0.144. The topological polar surface area (TPSA) is 43.4 Å². The van der Waals surface area contributed by atoms with Crippen molar-refractivity contribution >= 4 is 10.1 Å². The van der Waals surface area contributed by atoms with Crippen molar-refractivity contribution < 1.29 is 12.6 Å². The number of rotatable bonds is 18. The van der Waals surface area contributed by atoms with Crippen molar-refractivity contribution in [1.29, 1.82) is 0 Å². The first kappa shape index (κ1) is 22.9. The monoisotopic (exact) mass is 348 g/mol. The van der Waals surface area contributed by atoms with Crippen LogP contribution in [-0.4, -0.2) is 20.8 Å². The molecule has 4 heteroatoms. The molecule has 0 aliphatic rings. The molecule has 0 heterocycles. The standard InChI is InChI=1S/C19H40O3S/c1-3-5-6-7-8-9-10-11-12-13-14-15-16-17-18-22-23(20,21)19-4-2/h3-19H2,1-2H3. The van der Waals surface area contributed by atoms with Gasteiger partial charge in [-0.05, 0) is 12.8 Å². The van der Waals surface area contributed by atoms with Gasteiger partial charge in [-0.25, -0.2) is 0 Å². The van der Waals surface area contributed by atoms with Crippen LogP contribution in [0.3, 0.4) is 0 Å². The molecule has 0 aliphatic heterocycles. The first-order valence-electron chi connectivity index (χ1n) is 9.99. The van der Waals surface area contributed by atoms with E-state index in [4.69, 9.17) is 4.18 Å². The van der Waals surface area contributed by atoms with Gasteiger partial charge in [0.1, 0.15) is 0 Å². The molecule has 0 spiro atoms. The maximum Gasteiger partial charge on any atom is 0.267 e. The molecule has 0 rings (SSSR count). The van der Waals surface area contributed by atoms with Gasteiger partial charge in [-0.3, -0.25) is 4.18 Å². The summed E-state index contributed by atoms with van der Waals surface area (Å²) in [6.07, 6.45) is 18.9. The van der Waals surface area contributed by atoms with E-state index in [9.17, 15) is 8.42 Å². The Morgan fingerprint density at radius 2 is 0.957 bits per heavy atom. The molecule has 0 amide bonds. The second-order valence-corrected chi connectivity index (χ2v) is 8.44. The van der Waals surface area contributed by atoms with Gasteiger partial charge >= 0.3 is 0 Å². The lowest BCUT2D eigenvalue weighted by molar-refractivity contribution is 0.306. The van der Waals surface area contributed by atoms with Crippen LogP contribution in [0.2, 0.25) is 0 Å². The predicted octanol–water partition coefficient (Wildman–Crippen LogP) is 6.22. The smallest absolute Gasteiger partial charge is 0.267 e. The van der Waals surface area contributed by atoms with Crippen LogP contribution in [0.25, 0.3) is 0 Å². The summed E-state index contributed by atoms with van der Waals surface area (Å²) >= 11 is 0. The Bertz CT molecular complexity index is 326. The predicted molar refractivity (Wildman–Crippen MR) is 100 cm³/mol. The maximum atomic E-state index is 11.3. The van der Waals surface area contributed by atoms with Crippen LogP contribution in [0.5, 0.6) is 0 Å². The molecule has 0 aromatic rings. The van der Waals surface area contributed by atoms with Crippen LogP contribution in [-0.2, 0) is 14.3 Å². The fourth-order valence-corrected chi connectivity index (χ4v) is 3.78. The van der Waals surface area contributed by atoms with Gasteiger partial charge in [-0.15, -0.1) is 0 Å². The van der Waals surface area contributed by atoms with E-state index in [2.05, 4.69) is 6.92 Å². The molecule has 140 valence electrons. The number of unbranched alkanes of at least 4 members (excludes halogenated alkanes) is 13. The molecule has 23 heavy (non-hydrogen) atoms. The van der Waals surface area contributed by atoms with Crippen LogP contribution < -0.4 is 0 Å². The summed E-state index contributed by atoms with van der Waals surface area (Å²) < 4.78 is 27.6. The molecule has 0 atom stereocenters. The zero-order chi connectivity index (χ0) is 17.2.